The van der Waals surface area contributed by atoms with E-state index < -0.39 is 0 Å². The van der Waals surface area contributed by atoms with Crippen LogP contribution < -0.4 is 15.5 Å². The van der Waals surface area contributed by atoms with Crippen LogP contribution in [0.5, 0.6) is 0 Å². The molecule has 1 aromatic carbocycles. The van der Waals surface area contributed by atoms with Gasteiger partial charge in [0.25, 0.3) is 0 Å². The lowest BCUT2D eigenvalue weighted by Crippen LogP contribution is -2.49. The molecule has 2 aliphatic rings. The number of aromatic nitrogens is 2. The van der Waals surface area contributed by atoms with Crippen LogP contribution >= 0.6 is 0 Å². The fourth-order valence-corrected chi connectivity index (χ4v) is 3.29. The molecule has 0 saturated carbocycles. The second-order valence-electron chi connectivity index (χ2n) is 6.38. The molecule has 2 N–H and O–H groups in total. The number of ether oxygens (including phenoxy) is 1. The second kappa shape index (κ2) is 6.99. The fraction of sp³-hybridized carbons (Fsp3) is 0.333. The van der Waals surface area contributed by atoms with Gasteiger partial charge < -0.3 is 20.3 Å². The highest BCUT2D eigenvalue weighted by atomic mass is 16.5. The number of esters is 1. The van der Waals surface area contributed by atoms with Gasteiger partial charge in [0.2, 0.25) is 5.95 Å². The molecule has 3 heterocycles. The molecule has 1 fully saturated rings. The summed E-state index contributed by atoms with van der Waals surface area (Å²) >= 11 is 0. The summed E-state index contributed by atoms with van der Waals surface area (Å²) in [7, 11) is 0. The minimum Gasteiger partial charge on any atom is -0.457 e. The maximum atomic E-state index is 12.3. The number of hydrogen-bond donors (Lipinski definition) is 2. The van der Waals surface area contributed by atoms with Gasteiger partial charge in [0.15, 0.2) is 0 Å². The number of fused-ring (bicyclic) bond motifs is 1. The van der Waals surface area contributed by atoms with Crippen LogP contribution in [0.1, 0.15) is 28.8 Å². The minimum atomic E-state index is -0.318. The Balaban J connectivity index is 1.35. The highest BCUT2D eigenvalue weighted by molar-refractivity contribution is 5.95. The summed E-state index contributed by atoms with van der Waals surface area (Å²) in [5.74, 6) is 0.365. The second-order valence-corrected chi connectivity index (χ2v) is 6.38. The van der Waals surface area contributed by atoms with Crippen molar-refractivity contribution in [1.29, 1.82) is 0 Å². The third kappa shape index (κ3) is 3.44. The number of urea groups is 1. The Hall–Kier alpha value is -3.16. The first kappa shape index (κ1) is 16.3. The van der Waals surface area contributed by atoms with Gasteiger partial charge in [-0.25, -0.2) is 19.6 Å². The van der Waals surface area contributed by atoms with Gasteiger partial charge in [0, 0.05) is 42.8 Å². The summed E-state index contributed by atoms with van der Waals surface area (Å²) in [5, 5.41) is 5.82. The SMILES string of the molecule is O=C(Nc1ccc2c(c1)COC2=O)N[C@@H]1CCCN(c2ncccn2)C1. The number of piperidine rings is 1. The van der Waals surface area contributed by atoms with Crippen LogP contribution in [-0.2, 0) is 11.3 Å². The van der Waals surface area contributed by atoms with Crippen LogP contribution in [0.4, 0.5) is 16.4 Å². The number of amides is 2. The van der Waals surface area contributed by atoms with E-state index in [1.807, 2.05) is 0 Å². The first-order valence-corrected chi connectivity index (χ1v) is 8.58. The number of nitrogens with zero attached hydrogens (tertiary/aromatic N) is 3. The van der Waals surface area contributed by atoms with Gasteiger partial charge in [-0.05, 0) is 37.1 Å². The quantitative estimate of drug-likeness (QED) is 0.819. The van der Waals surface area contributed by atoms with Crippen LogP contribution in [0, 0.1) is 0 Å². The van der Waals surface area contributed by atoms with E-state index in [-0.39, 0.29) is 24.6 Å². The van der Waals surface area contributed by atoms with Crippen LogP contribution in [-0.4, -0.2) is 41.1 Å². The molecule has 0 unspecified atom stereocenters. The molecule has 8 nitrogen and oxygen atoms in total. The average molecular weight is 353 g/mol. The number of nitrogens with one attached hydrogen (secondary N) is 2. The summed E-state index contributed by atoms with van der Waals surface area (Å²) < 4.78 is 4.97. The van der Waals surface area contributed by atoms with Gasteiger partial charge in [0.05, 0.1) is 5.56 Å². The third-order valence-corrected chi connectivity index (χ3v) is 4.53. The van der Waals surface area contributed by atoms with Crippen molar-refractivity contribution >= 4 is 23.6 Å². The molecule has 1 atom stereocenters. The predicted octanol–water partition coefficient (Wildman–Crippen LogP) is 1.94. The molecule has 0 radical (unpaired) electrons. The van der Waals surface area contributed by atoms with Gasteiger partial charge in [-0.1, -0.05) is 0 Å². The Labute approximate surface area is 150 Å². The molecule has 4 rings (SSSR count). The molecule has 2 amide bonds. The smallest absolute Gasteiger partial charge is 0.338 e. The van der Waals surface area contributed by atoms with Crippen molar-refractivity contribution in [2.45, 2.75) is 25.5 Å². The van der Waals surface area contributed by atoms with Gasteiger partial charge in [-0.3, -0.25) is 0 Å². The highest BCUT2D eigenvalue weighted by Crippen LogP contribution is 2.23. The Morgan fingerprint density at radius 2 is 2.12 bits per heavy atom. The zero-order valence-corrected chi connectivity index (χ0v) is 14.1. The van der Waals surface area contributed by atoms with E-state index in [4.69, 9.17) is 4.74 Å². The number of carbonyl (C=O) groups is 2. The summed E-state index contributed by atoms with van der Waals surface area (Å²) in [6.07, 6.45) is 5.30. The zero-order valence-electron chi connectivity index (χ0n) is 14.1. The van der Waals surface area contributed by atoms with Crippen molar-refractivity contribution in [3.63, 3.8) is 0 Å². The van der Waals surface area contributed by atoms with E-state index in [0.717, 1.165) is 24.9 Å². The standard InChI is InChI=1S/C18H19N5O3/c24-16-15-5-4-13(9-12(15)11-26-16)21-18(25)22-14-3-1-8-23(10-14)17-19-6-2-7-20-17/h2,4-7,9,14H,1,3,8,10-11H2,(H2,21,22,25)/t14-/m1/s1. The van der Waals surface area contributed by atoms with Gasteiger partial charge >= 0.3 is 12.0 Å². The van der Waals surface area contributed by atoms with E-state index in [2.05, 4.69) is 25.5 Å². The van der Waals surface area contributed by atoms with Crippen LogP contribution in [0.15, 0.2) is 36.7 Å². The van der Waals surface area contributed by atoms with E-state index in [1.54, 1.807) is 36.7 Å². The molecular weight excluding hydrogens is 334 g/mol. The topological polar surface area (TPSA) is 96.4 Å². The molecule has 0 spiro atoms. The summed E-state index contributed by atoms with van der Waals surface area (Å²) in [6.45, 7) is 1.80. The Morgan fingerprint density at radius 1 is 1.27 bits per heavy atom. The summed E-state index contributed by atoms with van der Waals surface area (Å²) in [5.41, 5.74) is 1.98. The van der Waals surface area contributed by atoms with E-state index >= 15 is 0 Å². The Kier molecular flexibility index (Phi) is 4.39. The maximum Gasteiger partial charge on any atom is 0.338 e. The lowest BCUT2D eigenvalue weighted by atomic mass is 10.1. The zero-order chi connectivity index (χ0) is 17.9. The lowest BCUT2D eigenvalue weighted by Gasteiger charge is -2.33. The molecule has 2 aromatic rings. The number of benzene rings is 1. The largest absolute Gasteiger partial charge is 0.457 e. The number of anilines is 2. The average Bonchev–Trinajstić information content (AvgIpc) is 3.03. The normalized spacial score (nSPS) is 18.8. The number of hydrogen-bond acceptors (Lipinski definition) is 6. The van der Waals surface area contributed by atoms with Crippen LogP contribution in [0.3, 0.4) is 0 Å². The number of carbonyl (C=O) groups excluding carboxylic acids is 2. The molecule has 8 heteroatoms. The van der Waals surface area contributed by atoms with Gasteiger partial charge in [-0.2, -0.15) is 0 Å². The van der Waals surface area contributed by atoms with Gasteiger partial charge in [-0.15, -0.1) is 0 Å². The third-order valence-electron chi connectivity index (χ3n) is 4.53. The van der Waals surface area contributed by atoms with Crippen molar-refractivity contribution in [2.24, 2.45) is 0 Å². The monoisotopic (exact) mass is 353 g/mol. The van der Waals surface area contributed by atoms with E-state index in [0.29, 0.717) is 23.7 Å². The highest BCUT2D eigenvalue weighted by Gasteiger charge is 2.24. The Morgan fingerprint density at radius 3 is 2.96 bits per heavy atom. The molecule has 0 aliphatic carbocycles. The molecule has 1 saturated heterocycles. The van der Waals surface area contributed by atoms with Gasteiger partial charge in [0.1, 0.15) is 6.61 Å². The van der Waals surface area contributed by atoms with Crippen molar-refractivity contribution in [2.75, 3.05) is 23.3 Å². The molecule has 2 aliphatic heterocycles. The first-order chi connectivity index (χ1) is 12.7. The molecule has 26 heavy (non-hydrogen) atoms. The summed E-state index contributed by atoms with van der Waals surface area (Å²) in [6, 6.07) is 6.69. The van der Waals surface area contributed by atoms with Crippen molar-refractivity contribution in [3.05, 3.63) is 47.8 Å². The predicted molar refractivity (Wildman–Crippen MR) is 95.0 cm³/mol. The Bertz CT molecular complexity index is 827. The van der Waals surface area contributed by atoms with Crippen molar-refractivity contribution in [3.8, 4) is 0 Å². The maximum absolute atomic E-state index is 12.3. The minimum absolute atomic E-state index is 0.0203. The van der Waals surface area contributed by atoms with Crippen LogP contribution in [0.25, 0.3) is 0 Å². The first-order valence-electron chi connectivity index (χ1n) is 8.58. The number of cyclic esters (lactones) is 1. The number of rotatable bonds is 3. The molecule has 134 valence electrons. The van der Waals surface area contributed by atoms with Crippen molar-refractivity contribution < 1.29 is 14.3 Å². The fourth-order valence-electron chi connectivity index (χ4n) is 3.29. The van der Waals surface area contributed by atoms with Crippen molar-refractivity contribution in [1.82, 2.24) is 15.3 Å². The van der Waals surface area contributed by atoms with Crippen LogP contribution in [0.2, 0.25) is 0 Å². The molecular formula is C18H19N5O3. The lowest BCUT2D eigenvalue weighted by molar-refractivity contribution is 0.0535. The van der Waals surface area contributed by atoms with E-state index in [1.165, 1.54) is 0 Å². The van der Waals surface area contributed by atoms with E-state index in [9.17, 15) is 9.59 Å². The summed E-state index contributed by atoms with van der Waals surface area (Å²) in [4.78, 5) is 34.4. The molecule has 1 aromatic heterocycles. The molecule has 0 bridgehead atoms.